The fraction of sp³-hybridized carbons (Fsp3) is 0.556. The zero-order valence-electron chi connectivity index (χ0n) is 14.1. The highest BCUT2D eigenvalue weighted by atomic mass is 19.1. The quantitative estimate of drug-likeness (QED) is 0.859. The highest BCUT2D eigenvalue weighted by molar-refractivity contribution is 5.76. The largest absolute Gasteiger partial charge is 0.338 e. The summed E-state index contributed by atoms with van der Waals surface area (Å²) in [6.07, 6.45) is 7.17. The van der Waals surface area contributed by atoms with Gasteiger partial charge in [-0.15, -0.1) is 10.2 Å². The van der Waals surface area contributed by atoms with E-state index in [1.807, 2.05) is 4.90 Å². The second-order valence-electron chi connectivity index (χ2n) is 6.99. The minimum atomic E-state index is -0.307. The summed E-state index contributed by atoms with van der Waals surface area (Å²) in [5.41, 5.74) is 0.686. The fourth-order valence-corrected chi connectivity index (χ4v) is 4.17. The third kappa shape index (κ3) is 3.41. The summed E-state index contributed by atoms with van der Waals surface area (Å²) in [7, 11) is 0. The van der Waals surface area contributed by atoms with Crippen molar-refractivity contribution in [1.29, 1.82) is 0 Å². The average Bonchev–Trinajstić information content (AvgIpc) is 3.10. The van der Waals surface area contributed by atoms with Gasteiger partial charge in [-0.25, -0.2) is 4.39 Å². The first-order valence-electron chi connectivity index (χ1n) is 9.04. The number of aromatic nitrogens is 4. The van der Waals surface area contributed by atoms with Gasteiger partial charge in [0, 0.05) is 18.2 Å². The van der Waals surface area contributed by atoms with E-state index in [1.165, 1.54) is 42.6 Å². The first-order chi connectivity index (χ1) is 12.2. The van der Waals surface area contributed by atoms with Gasteiger partial charge in [0.05, 0.1) is 0 Å². The summed E-state index contributed by atoms with van der Waals surface area (Å²) in [6.45, 7) is 0.941. The van der Waals surface area contributed by atoms with Crippen LogP contribution in [0, 0.1) is 11.7 Å². The molecule has 2 heterocycles. The van der Waals surface area contributed by atoms with Gasteiger partial charge in [-0.1, -0.05) is 12.8 Å². The number of piperidine rings is 1. The Morgan fingerprint density at radius 3 is 2.72 bits per heavy atom. The van der Waals surface area contributed by atoms with Crippen molar-refractivity contribution in [2.45, 2.75) is 51.1 Å². The van der Waals surface area contributed by atoms with Crippen LogP contribution < -0.4 is 0 Å². The number of likely N-dealkylation sites (tertiary alicyclic amines) is 1. The van der Waals surface area contributed by atoms with Crippen molar-refractivity contribution in [3.63, 3.8) is 0 Å². The highest BCUT2D eigenvalue weighted by Crippen LogP contribution is 2.35. The van der Waals surface area contributed by atoms with Gasteiger partial charge in [-0.05, 0) is 61.1 Å². The van der Waals surface area contributed by atoms with Crippen LogP contribution in [-0.4, -0.2) is 43.6 Å². The van der Waals surface area contributed by atoms with Crippen molar-refractivity contribution < 1.29 is 9.18 Å². The third-order valence-corrected chi connectivity index (χ3v) is 5.40. The minimum absolute atomic E-state index is 0.0691. The van der Waals surface area contributed by atoms with Crippen molar-refractivity contribution in [1.82, 2.24) is 25.1 Å². The van der Waals surface area contributed by atoms with Crippen LogP contribution in [0.15, 0.2) is 24.3 Å². The number of carbonyl (C=O) groups excluding carboxylic acids is 1. The molecule has 1 aliphatic carbocycles. The van der Waals surface area contributed by atoms with Crippen molar-refractivity contribution in [3.8, 4) is 11.4 Å². The molecular weight excluding hydrogens is 321 g/mol. The SMILES string of the molecule is O=C(Cn1nnc(-c2ccc(F)cc2)n1)N1CCC[C@@H]2CCCC[C@H]21. The maximum atomic E-state index is 13.0. The molecule has 1 aromatic heterocycles. The Morgan fingerprint density at radius 1 is 1.12 bits per heavy atom. The van der Waals surface area contributed by atoms with E-state index in [1.54, 1.807) is 12.1 Å². The van der Waals surface area contributed by atoms with Crippen LogP contribution in [0.4, 0.5) is 4.39 Å². The summed E-state index contributed by atoms with van der Waals surface area (Å²) in [5.74, 6) is 0.824. The maximum absolute atomic E-state index is 13.0. The Hall–Kier alpha value is -2.31. The van der Waals surface area contributed by atoms with Gasteiger partial charge in [-0.2, -0.15) is 4.80 Å². The molecule has 25 heavy (non-hydrogen) atoms. The Kier molecular flexibility index (Phi) is 4.46. The predicted octanol–water partition coefficient (Wildman–Crippen LogP) is 2.66. The molecule has 2 atom stereocenters. The van der Waals surface area contributed by atoms with E-state index in [-0.39, 0.29) is 18.3 Å². The lowest BCUT2D eigenvalue weighted by molar-refractivity contribution is -0.138. The standard InChI is InChI=1S/C18H22FN5O/c19-15-9-7-14(8-10-15)18-20-22-24(21-18)12-17(25)23-11-3-5-13-4-1-2-6-16(13)23/h7-10,13,16H,1-6,11-12H2/t13-,16+/m0/s1. The Morgan fingerprint density at radius 2 is 1.88 bits per heavy atom. The summed E-state index contributed by atoms with van der Waals surface area (Å²) in [4.78, 5) is 16.1. The topological polar surface area (TPSA) is 63.9 Å². The van der Waals surface area contributed by atoms with Crippen LogP contribution in [0.2, 0.25) is 0 Å². The van der Waals surface area contributed by atoms with Crippen LogP contribution >= 0.6 is 0 Å². The molecule has 0 unspecified atom stereocenters. The number of rotatable bonds is 3. The number of tetrazole rings is 1. The molecule has 6 nitrogen and oxygen atoms in total. The van der Waals surface area contributed by atoms with Crippen LogP contribution in [0.5, 0.6) is 0 Å². The van der Waals surface area contributed by atoms with Gasteiger partial charge in [0.2, 0.25) is 11.7 Å². The Balaban J connectivity index is 1.45. The normalized spacial score (nSPS) is 23.3. The van der Waals surface area contributed by atoms with E-state index >= 15 is 0 Å². The molecule has 1 aromatic carbocycles. The van der Waals surface area contributed by atoms with E-state index in [4.69, 9.17) is 0 Å². The van der Waals surface area contributed by atoms with Gasteiger partial charge in [0.1, 0.15) is 12.4 Å². The van der Waals surface area contributed by atoms with Crippen molar-refractivity contribution >= 4 is 5.91 Å². The lowest BCUT2D eigenvalue weighted by Gasteiger charge is -2.44. The first-order valence-corrected chi connectivity index (χ1v) is 9.04. The summed E-state index contributed by atoms with van der Waals surface area (Å²) >= 11 is 0. The molecular formula is C18H22FN5O. The van der Waals surface area contributed by atoms with Crippen LogP contribution in [0.3, 0.4) is 0 Å². The maximum Gasteiger partial charge on any atom is 0.246 e. The molecule has 0 N–H and O–H groups in total. The predicted molar refractivity (Wildman–Crippen MR) is 89.9 cm³/mol. The zero-order chi connectivity index (χ0) is 17.2. The molecule has 4 rings (SSSR count). The van der Waals surface area contributed by atoms with Gasteiger partial charge < -0.3 is 4.90 Å². The van der Waals surface area contributed by atoms with Gasteiger partial charge in [0.25, 0.3) is 0 Å². The number of nitrogens with zero attached hydrogens (tertiary/aromatic N) is 5. The molecule has 0 spiro atoms. The molecule has 0 bridgehead atoms. The Bertz CT molecular complexity index is 742. The number of hydrogen-bond acceptors (Lipinski definition) is 4. The summed E-state index contributed by atoms with van der Waals surface area (Å²) in [6, 6.07) is 6.32. The van der Waals surface area contributed by atoms with Gasteiger partial charge >= 0.3 is 0 Å². The number of hydrogen-bond donors (Lipinski definition) is 0. The number of benzene rings is 1. The second-order valence-corrected chi connectivity index (χ2v) is 6.99. The van der Waals surface area contributed by atoms with E-state index in [0.717, 1.165) is 19.4 Å². The smallest absolute Gasteiger partial charge is 0.246 e. The summed E-state index contributed by atoms with van der Waals surface area (Å²) < 4.78 is 13.0. The minimum Gasteiger partial charge on any atom is -0.338 e. The lowest BCUT2D eigenvalue weighted by atomic mass is 9.78. The van der Waals surface area contributed by atoms with Gasteiger partial charge in [-0.3, -0.25) is 4.79 Å². The third-order valence-electron chi connectivity index (χ3n) is 5.40. The van der Waals surface area contributed by atoms with E-state index in [0.29, 0.717) is 23.3 Å². The zero-order valence-corrected chi connectivity index (χ0v) is 14.1. The first kappa shape index (κ1) is 16.2. The lowest BCUT2D eigenvalue weighted by Crippen LogP contribution is -2.50. The van der Waals surface area contributed by atoms with E-state index < -0.39 is 0 Å². The molecule has 0 radical (unpaired) electrons. The molecule has 1 saturated carbocycles. The number of fused-ring (bicyclic) bond motifs is 1. The van der Waals surface area contributed by atoms with Gasteiger partial charge in [0.15, 0.2) is 0 Å². The molecule has 1 aliphatic heterocycles. The molecule has 1 saturated heterocycles. The molecule has 7 heteroatoms. The molecule has 2 aromatic rings. The number of carbonyl (C=O) groups is 1. The molecule has 1 amide bonds. The molecule has 2 aliphatic rings. The number of halogens is 1. The molecule has 132 valence electrons. The van der Waals surface area contributed by atoms with Crippen LogP contribution in [0.1, 0.15) is 38.5 Å². The van der Waals surface area contributed by atoms with E-state index in [9.17, 15) is 9.18 Å². The molecule has 2 fully saturated rings. The second kappa shape index (κ2) is 6.90. The highest BCUT2D eigenvalue weighted by Gasteiger charge is 2.35. The fourth-order valence-electron chi connectivity index (χ4n) is 4.17. The monoisotopic (exact) mass is 343 g/mol. The van der Waals surface area contributed by atoms with Crippen LogP contribution in [-0.2, 0) is 11.3 Å². The summed E-state index contributed by atoms with van der Waals surface area (Å²) in [5, 5.41) is 12.2. The Labute approximate surface area is 146 Å². The average molecular weight is 343 g/mol. The number of amides is 1. The van der Waals surface area contributed by atoms with Crippen molar-refractivity contribution in [2.75, 3.05) is 6.54 Å². The van der Waals surface area contributed by atoms with Crippen molar-refractivity contribution in [2.24, 2.45) is 5.92 Å². The van der Waals surface area contributed by atoms with E-state index in [2.05, 4.69) is 15.4 Å². The van der Waals surface area contributed by atoms with Crippen LogP contribution in [0.25, 0.3) is 11.4 Å². The van der Waals surface area contributed by atoms with Crippen molar-refractivity contribution in [3.05, 3.63) is 30.1 Å².